The summed E-state index contributed by atoms with van der Waals surface area (Å²) >= 11 is 5.13. The number of nitrogens with one attached hydrogen (secondary N) is 1. The Kier molecular flexibility index (Phi) is 3.54. The highest BCUT2D eigenvalue weighted by Gasteiger charge is 2.28. The highest BCUT2D eigenvalue weighted by molar-refractivity contribution is 7.80. The van der Waals surface area contributed by atoms with Crippen LogP contribution in [0.4, 0.5) is 0 Å². The van der Waals surface area contributed by atoms with E-state index in [2.05, 4.69) is 12.2 Å². The van der Waals surface area contributed by atoms with Crippen LogP contribution in [0.3, 0.4) is 0 Å². The number of amides is 1. The summed E-state index contributed by atoms with van der Waals surface area (Å²) in [5, 5.41) is 3.17. The second-order valence-corrected chi connectivity index (χ2v) is 4.24. The van der Waals surface area contributed by atoms with Crippen molar-refractivity contribution in [1.82, 2.24) is 10.2 Å². The highest BCUT2D eigenvalue weighted by Crippen LogP contribution is 2.17. The van der Waals surface area contributed by atoms with Gasteiger partial charge in [-0.3, -0.25) is 10.1 Å². The third-order valence-corrected chi connectivity index (χ3v) is 2.86. The van der Waals surface area contributed by atoms with Crippen LogP contribution in [0.1, 0.15) is 18.9 Å². The third kappa shape index (κ3) is 2.53. The first kappa shape index (κ1) is 11.8. The molecule has 17 heavy (non-hydrogen) atoms. The van der Waals surface area contributed by atoms with Crippen LogP contribution in [-0.4, -0.2) is 22.5 Å². The summed E-state index contributed by atoms with van der Waals surface area (Å²) < 4.78 is 0. The molecule has 0 bridgehead atoms. The van der Waals surface area contributed by atoms with E-state index in [1.54, 1.807) is 0 Å². The van der Waals surface area contributed by atoms with Gasteiger partial charge in [0.15, 0.2) is 5.11 Å². The van der Waals surface area contributed by atoms with E-state index in [-0.39, 0.29) is 5.91 Å². The molecule has 1 aliphatic heterocycles. The van der Waals surface area contributed by atoms with Gasteiger partial charge >= 0.3 is 0 Å². The maximum Gasteiger partial charge on any atom is 0.274 e. The standard InChI is InChI=1S/C13H14N2OS/c1-2-8-15-11(12(16)14-13(15)17)9-10-6-4-3-5-7-10/h3-7,9H,2,8H2,1H3,(H,14,16,17)/b11-9+. The molecular formula is C13H14N2OS. The number of rotatable bonds is 3. The van der Waals surface area contributed by atoms with E-state index in [0.717, 1.165) is 18.5 Å². The van der Waals surface area contributed by atoms with E-state index in [1.165, 1.54) is 0 Å². The summed E-state index contributed by atoms with van der Waals surface area (Å²) in [7, 11) is 0. The van der Waals surface area contributed by atoms with Crippen LogP contribution in [0.15, 0.2) is 36.0 Å². The predicted molar refractivity (Wildman–Crippen MR) is 72.2 cm³/mol. The summed E-state index contributed by atoms with van der Waals surface area (Å²) in [6.45, 7) is 2.82. The molecule has 2 rings (SSSR count). The van der Waals surface area contributed by atoms with Crippen LogP contribution in [-0.2, 0) is 4.79 Å². The van der Waals surface area contributed by atoms with Gasteiger partial charge in [-0.2, -0.15) is 0 Å². The van der Waals surface area contributed by atoms with Crippen molar-refractivity contribution in [3.05, 3.63) is 41.6 Å². The Balaban J connectivity index is 2.32. The molecule has 0 radical (unpaired) electrons. The van der Waals surface area contributed by atoms with Crippen LogP contribution < -0.4 is 5.32 Å². The van der Waals surface area contributed by atoms with E-state index < -0.39 is 0 Å². The predicted octanol–water partition coefficient (Wildman–Crippen LogP) is 2.15. The van der Waals surface area contributed by atoms with Gasteiger partial charge in [0.2, 0.25) is 0 Å². The number of hydrogen-bond acceptors (Lipinski definition) is 2. The van der Waals surface area contributed by atoms with Gasteiger partial charge in [0, 0.05) is 6.54 Å². The van der Waals surface area contributed by atoms with Gasteiger partial charge in [-0.25, -0.2) is 0 Å². The number of benzene rings is 1. The van der Waals surface area contributed by atoms with Gasteiger partial charge in [0.05, 0.1) is 0 Å². The van der Waals surface area contributed by atoms with Gasteiger partial charge < -0.3 is 4.90 Å². The lowest BCUT2D eigenvalue weighted by molar-refractivity contribution is -0.115. The van der Waals surface area contributed by atoms with Gasteiger partial charge in [0.1, 0.15) is 5.70 Å². The fourth-order valence-corrected chi connectivity index (χ4v) is 2.04. The maximum absolute atomic E-state index is 11.8. The van der Waals surface area contributed by atoms with Gasteiger partial charge in [-0.15, -0.1) is 0 Å². The van der Waals surface area contributed by atoms with Crippen molar-refractivity contribution in [3.8, 4) is 0 Å². The second-order valence-electron chi connectivity index (χ2n) is 3.85. The van der Waals surface area contributed by atoms with Gasteiger partial charge in [0.25, 0.3) is 5.91 Å². The Hall–Kier alpha value is -1.68. The smallest absolute Gasteiger partial charge is 0.274 e. The number of hydrogen-bond donors (Lipinski definition) is 1. The zero-order valence-electron chi connectivity index (χ0n) is 9.64. The second kappa shape index (κ2) is 5.10. The van der Waals surface area contributed by atoms with Crippen molar-refractivity contribution in [2.75, 3.05) is 6.54 Å². The first-order valence-corrected chi connectivity index (χ1v) is 6.03. The molecule has 1 fully saturated rings. The molecular weight excluding hydrogens is 232 g/mol. The summed E-state index contributed by atoms with van der Waals surface area (Å²) in [6, 6.07) is 9.77. The summed E-state index contributed by atoms with van der Waals surface area (Å²) in [4.78, 5) is 13.6. The molecule has 1 amide bonds. The monoisotopic (exact) mass is 246 g/mol. The minimum absolute atomic E-state index is 0.118. The molecule has 0 aromatic heterocycles. The lowest BCUT2D eigenvalue weighted by Crippen LogP contribution is -2.27. The third-order valence-electron chi connectivity index (χ3n) is 2.54. The Morgan fingerprint density at radius 3 is 2.71 bits per heavy atom. The van der Waals surface area contributed by atoms with Gasteiger partial charge in [-0.1, -0.05) is 37.3 Å². The summed E-state index contributed by atoms with van der Waals surface area (Å²) in [5.74, 6) is -0.118. The van der Waals surface area contributed by atoms with Crippen LogP contribution in [0, 0.1) is 0 Å². The molecule has 4 heteroatoms. The molecule has 1 N–H and O–H groups in total. The summed E-state index contributed by atoms with van der Waals surface area (Å²) in [6.07, 6.45) is 2.81. The molecule has 0 unspecified atom stereocenters. The minimum atomic E-state index is -0.118. The molecule has 1 aromatic carbocycles. The molecule has 1 aromatic rings. The van der Waals surface area contributed by atoms with Crippen molar-refractivity contribution in [2.45, 2.75) is 13.3 Å². The van der Waals surface area contributed by atoms with Crippen LogP contribution in [0.25, 0.3) is 6.08 Å². The van der Waals surface area contributed by atoms with Gasteiger partial charge in [-0.05, 0) is 30.3 Å². The number of nitrogens with zero attached hydrogens (tertiary/aromatic N) is 1. The molecule has 0 saturated carbocycles. The SMILES string of the molecule is CCCN1C(=S)NC(=O)/C1=C\c1ccccc1. The maximum atomic E-state index is 11.8. The average molecular weight is 246 g/mol. The quantitative estimate of drug-likeness (QED) is 0.655. The van der Waals surface area contributed by atoms with Crippen molar-refractivity contribution in [2.24, 2.45) is 0 Å². The lowest BCUT2D eigenvalue weighted by atomic mass is 10.2. The normalized spacial score (nSPS) is 17.7. The van der Waals surface area contributed by atoms with E-state index >= 15 is 0 Å². The number of carbonyl (C=O) groups excluding carboxylic acids is 1. The fraction of sp³-hybridized carbons (Fsp3) is 0.231. The van der Waals surface area contributed by atoms with E-state index in [9.17, 15) is 4.79 Å². The Labute approximate surface area is 106 Å². The van der Waals surface area contributed by atoms with E-state index in [0.29, 0.717) is 10.8 Å². The van der Waals surface area contributed by atoms with E-state index in [4.69, 9.17) is 12.2 Å². The Bertz CT molecular complexity index is 468. The fourth-order valence-electron chi connectivity index (χ4n) is 1.76. The topological polar surface area (TPSA) is 32.3 Å². The minimum Gasteiger partial charge on any atom is -0.314 e. The molecule has 1 saturated heterocycles. The van der Waals surface area contributed by atoms with Crippen molar-refractivity contribution >= 4 is 29.3 Å². The number of thiocarbonyl (C=S) groups is 1. The Morgan fingerprint density at radius 2 is 2.06 bits per heavy atom. The van der Waals surface area contributed by atoms with Crippen LogP contribution >= 0.6 is 12.2 Å². The van der Waals surface area contributed by atoms with Crippen molar-refractivity contribution in [3.63, 3.8) is 0 Å². The molecule has 3 nitrogen and oxygen atoms in total. The zero-order chi connectivity index (χ0) is 12.3. The highest BCUT2D eigenvalue weighted by atomic mass is 32.1. The lowest BCUT2D eigenvalue weighted by Gasteiger charge is -2.15. The molecule has 0 spiro atoms. The Morgan fingerprint density at radius 1 is 1.35 bits per heavy atom. The first-order valence-electron chi connectivity index (χ1n) is 5.62. The molecule has 1 aliphatic rings. The van der Waals surface area contributed by atoms with Crippen molar-refractivity contribution < 1.29 is 4.79 Å². The van der Waals surface area contributed by atoms with E-state index in [1.807, 2.05) is 41.3 Å². The largest absolute Gasteiger partial charge is 0.314 e. The summed E-state index contributed by atoms with van der Waals surface area (Å²) in [5.41, 5.74) is 1.63. The average Bonchev–Trinajstić information content (AvgIpc) is 2.58. The molecule has 1 heterocycles. The van der Waals surface area contributed by atoms with Crippen LogP contribution in [0.5, 0.6) is 0 Å². The van der Waals surface area contributed by atoms with Crippen LogP contribution in [0.2, 0.25) is 0 Å². The first-order chi connectivity index (χ1) is 8.22. The zero-order valence-corrected chi connectivity index (χ0v) is 10.5. The van der Waals surface area contributed by atoms with Crippen molar-refractivity contribution in [1.29, 1.82) is 0 Å². The molecule has 88 valence electrons. The molecule has 0 atom stereocenters. The number of carbonyl (C=O) groups is 1. The molecule has 0 aliphatic carbocycles.